The number of pyridine rings is 1. The number of anilines is 1. The molecule has 1 amide bonds. The molecule has 3 N–H and O–H groups in total. The first kappa shape index (κ1) is 20.1. The molecule has 0 saturated carbocycles. The number of aryl methyl sites for hydroxylation is 1. The van der Waals surface area contributed by atoms with E-state index in [0.717, 1.165) is 22.2 Å². The van der Waals surface area contributed by atoms with Crippen molar-refractivity contribution in [1.29, 1.82) is 0 Å². The van der Waals surface area contributed by atoms with Crippen LogP contribution in [0.4, 0.5) is 5.69 Å². The zero-order valence-electron chi connectivity index (χ0n) is 17.6. The molecular formula is C22H20N6O3S. The molecule has 3 heterocycles. The Morgan fingerprint density at radius 2 is 1.94 bits per heavy atom. The van der Waals surface area contributed by atoms with Crippen LogP contribution in [0.1, 0.15) is 12.5 Å². The minimum atomic E-state index is -0.440. The Kier molecular flexibility index (Phi) is 4.86. The number of thioether (sulfide) groups is 1. The van der Waals surface area contributed by atoms with Crippen molar-refractivity contribution in [2.24, 2.45) is 0 Å². The van der Waals surface area contributed by atoms with Crippen LogP contribution < -0.4 is 15.7 Å². The number of aromatic nitrogens is 5. The summed E-state index contributed by atoms with van der Waals surface area (Å²) in [6, 6.07) is 13.1. The zero-order chi connectivity index (χ0) is 22.4. The topological polar surface area (TPSA) is 117 Å². The second kappa shape index (κ2) is 7.72. The van der Waals surface area contributed by atoms with Crippen molar-refractivity contribution >= 4 is 50.9 Å². The van der Waals surface area contributed by atoms with Crippen LogP contribution in [0, 0.1) is 6.92 Å². The summed E-state index contributed by atoms with van der Waals surface area (Å²) >= 11 is 1.32. The Balaban J connectivity index is 1.44. The van der Waals surface area contributed by atoms with Crippen molar-refractivity contribution in [2.75, 3.05) is 12.4 Å². The lowest BCUT2D eigenvalue weighted by Crippen LogP contribution is -2.22. The van der Waals surface area contributed by atoms with Crippen LogP contribution in [-0.4, -0.2) is 42.8 Å². The van der Waals surface area contributed by atoms with Gasteiger partial charge in [-0.2, -0.15) is 0 Å². The number of amides is 1. The molecule has 0 aliphatic carbocycles. The molecule has 9 nitrogen and oxygen atoms in total. The summed E-state index contributed by atoms with van der Waals surface area (Å²) in [6.45, 7) is 3.84. The monoisotopic (exact) mass is 448 g/mol. The maximum Gasteiger partial charge on any atom is 0.323 e. The number of hydrogen-bond acceptors (Lipinski definition) is 6. The molecule has 0 spiro atoms. The molecule has 2 aromatic carbocycles. The van der Waals surface area contributed by atoms with Gasteiger partial charge in [0.25, 0.3) is 0 Å². The van der Waals surface area contributed by atoms with E-state index < -0.39 is 5.25 Å². The van der Waals surface area contributed by atoms with E-state index in [9.17, 15) is 9.59 Å². The minimum absolute atomic E-state index is 0.182. The highest BCUT2D eigenvalue weighted by atomic mass is 32.2. The lowest BCUT2D eigenvalue weighted by atomic mass is 10.1. The number of benzene rings is 2. The highest BCUT2D eigenvalue weighted by Crippen LogP contribution is 2.30. The number of nitrogens with one attached hydrogen (secondary N) is 3. The van der Waals surface area contributed by atoms with Crippen molar-refractivity contribution in [3.8, 4) is 5.75 Å². The van der Waals surface area contributed by atoms with E-state index in [1.807, 2.05) is 42.5 Å². The van der Waals surface area contributed by atoms with Gasteiger partial charge < -0.3 is 20.0 Å². The summed E-state index contributed by atoms with van der Waals surface area (Å²) in [5.74, 6) is 0.552. The Morgan fingerprint density at radius 1 is 1.12 bits per heavy atom. The number of fused-ring (bicyclic) bond motifs is 4. The van der Waals surface area contributed by atoms with Crippen molar-refractivity contribution < 1.29 is 9.53 Å². The van der Waals surface area contributed by atoms with E-state index in [-0.39, 0.29) is 11.6 Å². The SMILES string of the molecule is COc1ccc2c(C)cc3nnc(SC(C)C(=O)Nc4ccc5[nH]c(=O)[nH]c5c4)n3c2c1. The Bertz CT molecular complexity index is 1550. The zero-order valence-corrected chi connectivity index (χ0v) is 18.4. The molecule has 0 aliphatic heterocycles. The Labute approximate surface area is 186 Å². The molecular weight excluding hydrogens is 428 g/mol. The summed E-state index contributed by atoms with van der Waals surface area (Å²) in [7, 11) is 1.63. The third-order valence-corrected chi connectivity index (χ3v) is 6.35. The molecule has 0 saturated heterocycles. The predicted molar refractivity (Wildman–Crippen MR) is 125 cm³/mol. The van der Waals surface area contributed by atoms with E-state index in [4.69, 9.17) is 4.74 Å². The fourth-order valence-electron chi connectivity index (χ4n) is 3.67. The third-order valence-electron chi connectivity index (χ3n) is 5.31. The van der Waals surface area contributed by atoms with E-state index in [1.165, 1.54) is 11.8 Å². The number of hydrogen-bond donors (Lipinski definition) is 3. The molecule has 5 aromatic rings. The van der Waals surface area contributed by atoms with Gasteiger partial charge in [-0.3, -0.25) is 9.20 Å². The molecule has 1 atom stereocenters. The Hall–Kier alpha value is -3.79. The number of methoxy groups -OCH3 is 1. The lowest BCUT2D eigenvalue weighted by molar-refractivity contribution is -0.115. The number of nitrogens with zero attached hydrogens (tertiary/aromatic N) is 3. The highest BCUT2D eigenvalue weighted by molar-refractivity contribution is 8.00. The van der Waals surface area contributed by atoms with Crippen LogP contribution in [0.25, 0.3) is 27.6 Å². The van der Waals surface area contributed by atoms with Crippen molar-refractivity contribution in [3.05, 3.63) is 58.5 Å². The molecule has 0 radical (unpaired) electrons. The smallest absolute Gasteiger partial charge is 0.323 e. The first-order chi connectivity index (χ1) is 15.4. The molecule has 32 heavy (non-hydrogen) atoms. The second-order valence-electron chi connectivity index (χ2n) is 7.48. The van der Waals surface area contributed by atoms with Gasteiger partial charge >= 0.3 is 5.69 Å². The van der Waals surface area contributed by atoms with E-state index in [2.05, 4.69) is 25.5 Å². The van der Waals surface area contributed by atoms with Crippen molar-refractivity contribution in [3.63, 3.8) is 0 Å². The fraction of sp³-hybridized carbons (Fsp3) is 0.182. The van der Waals surface area contributed by atoms with Crippen LogP contribution in [0.3, 0.4) is 0 Å². The van der Waals surface area contributed by atoms with Gasteiger partial charge in [0.05, 0.1) is 28.9 Å². The standard InChI is InChI=1S/C22H20N6O3S/c1-11-8-19-26-27-22(28(19)18-10-14(31-3)5-6-15(11)18)32-12(2)20(29)23-13-4-7-16-17(9-13)25-21(30)24-16/h4-10,12H,1-3H3,(H,23,29)(H2,24,25,30). The van der Waals surface area contributed by atoms with Gasteiger partial charge in [0, 0.05) is 17.1 Å². The van der Waals surface area contributed by atoms with Crippen LogP contribution >= 0.6 is 11.8 Å². The molecule has 0 fully saturated rings. The quantitative estimate of drug-likeness (QED) is 0.354. The molecule has 162 valence electrons. The Morgan fingerprint density at radius 3 is 2.75 bits per heavy atom. The first-order valence-electron chi connectivity index (χ1n) is 9.95. The third kappa shape index (κ3) is 3.48. The number of carbonyl (C=O) groups excluding carboxylic acids is 1. The average molecular weight is 449 g/mol. The van der Waals surface area contributed by atoms with E-state index in [1.54, 1.807) is 25.3 Å². The van der Waals surface area contributed by atoms with Gasteiger partial charge in [0.15, 0.2) is 10.8 Å². The minimum Gasteiger partial charge on any atom is -0.497 e. The number of carbonyl (C=O) groups is 1. The van der Waals surface area contributed by atoms with Gasteiger partial charge in [-0.15, -0.1) is 10.2 Å². The van der Waals surface area contributed by atoms with Gasteiger partial charge in [-0.05, 0) is 55.8 Å². The number of ether oxygens (including phenoxy) is 1. The van der Waals surface area contributed by atoms with Crippen molar-refractivity contribution in [1.82, 2.24) is 24.6 Å². The van der Waals surface area contributed by atoms with Gasteiger partial charge in [-0.1, -0.05) is 11.8 Å². The largest absolute Gasteiger partial charge is 0.497 e. The molecule has 5 rings (SSSR count). The van der Waals surface area contributed by atoms with Crippen LogP contribution in [0.2, 0.25) is 0 Å². The number of rotatable bonds is 5. The van der Waals surface area contributed by atoms with Crippen LogP contribution in [-0.2, 0) is 4.79 Å². The van der Waals surface area contributed by atoms with E-state index >= 15 is 0 Å². The normalized spacial score (nSPS) is 12.5. The lowest BCUT2D eigenvalue weighted by Gasteiger charge is -2.13. The summed E-state index contributed by atoms with van der Waals surface area (Å²) in [5.41, 5.74) is 4.34. The van der Waals surface area contributed by atoms with Gasteiger partial charge in [0.1, 0.15) is 5.75 Å². The van der Waals surface area contributed by atoms with Gasteiger partial charge in [-0.25, -0.2) is 4.79 Å². The van der Waals surface area contributed by atoms with Gasteiger partial charge in [0.2, 0.25) is 5.91 Å². The predicted octanol–water partition coefficient (Wildman–Crippen LogP) is 3.49. The molecule has 0 aliphatic rings. The number of aromatic amines is 2. The first-order valence-corrected chi connectivity index (χ1v) is 10.8. The molecule has 0 bridgehead atoms. The molecule has 10 heteroatoms. The average Bonchev–Trinajstić information content (AvgIpc) is 3.35. The summed E-state index contributed by atoms with van der Waals surface area (Å²) in [5, 5.41) is 12.8. The maximum absolute atomic E-state index is 12.8. The summed E-state index contributed by atoms with van der Waals surface area (Å²) in [4.78, 5) is 29.7. The van der Waals surface area contributed by atoms with Crippen LogP contribution in [0.15, 0.2) is 52.4 Å². The number of H-pyrrole nitrogens is 2. The summed E-state index contributed by atoms with van der Waals surface area (Å²) in [6.07, 6.45) is 0. The van der Waals surface area contributed by atoms with Crippen LogP contribution in [0.5, 0.6) is 5.75 Å². The maximum atomic E-state index is 12.8. The summed E-state index contributed by atoms with van der Waals surface area (Å²) < 4.78 is 7.34. The second-order valence-corrected chi connectivity index (χ2v) is 8.78. The fourth-order valence-corrected chi connectivity index (χ4v) is 4.54. The molecule has 3 aromatic heterocycles. The number of imidazole rings is 1. The highest BCUT2D eigenvalue weighted by Gasteiger charge is 2.20. The molecule has 1 unspecified atom stereocenters. The van der Waals surface area contributed by atoms with Crippen molar-refractivity contribution in [2.45, 2.75) is 24.3 Å². The van der Waals surface area contributed by atoms with E-state index in [0.29, 0.717) is 27.5 Å².